The summed E-state index contributed by atoms with van der Waals surface area (Å²) < 4.78 is 0.968. The third kappa shape index (κ3) is 4.05. The number of carbonyl (C=O) groups excluding carboxylic acids is 2. The maximum atomic E-state index is 13.6. The van der Waals surface area contributed by atoms with Crippen LogP contribution in [0.3, 0.4) is 0 Å². The van der Waals surface area contributed by atoms with Gasteiger partial charge in [0, 0.05) is 11.4 Å². The Morgan fingerprint density at radius 1 is 0.690 bits per heavy atom. The number of amides is 2. The summed E-state index contributed by atoms with van der Waals surface area (Å²) in [6.45, 7) is 0. The Balaban J connectivity index is 0.947. The average Bonchev–Trinajstić information content (AvgIpc) is 3.36. The number of benzene rings is 2. The minimum absolute atomic E-state index is 0.150. The van der Waals surface area contributed by atoms with Crippen LogP contribution < -0.4 is 10.6 Å². The summed E-state index contributed by atoms with van der Waals surface area (Å²) in [7, 11) is 0. The topological polar surface area (TPSA) is 91.3 Å². The van der Waals surface area contributed by atoms with E-state index in [1.54, 1.807) is 12.1 Å². The third-order valence-electron chi connectivity index (χ3n) is 12.2. The van der Waals surface area contributed by atoms with E-state index in [9.17, 15) is 14.7 Å². The first-order valence-electron chi connectivity index (χ1n) is 16.2. The number of nitrogens with one attached hydrogen (secondary N) is 2. The van der Waals surface area contributed by atoms with Crippen molar-refractivity contribution in [3.8, 4) is 16.3 Å². The van der Waals surface area contributed by atoms with E-state index >= 15 is 0 Å². The van der Waals surface area contributed by atoms with E-state index in [2.05, 4.69) is 10.6 Å². The lowest BCUT2D eigenvalue weighted by Gasteiger charge is -2.55. The second-order valence-corrected chi connectivity index (χ2v) is 16.3. The monoisotopic (exact) mass is 581 g/mol. The number of fused-ring (bicyclic) bond motifs is 1. The molecule has 8 bridgehead atoms. The minimum Gasteiger partial charge on any atom is -0.507 e. The van der Waals surface area contributed by atoms with E-state index in [4.69, 9.17) is 4.98 Å². The molecule has 218 valence electrons. The molecule has 8 aliphatic carbocycles. The predicted octanol–water partition coefficient (Wildman–Crippen LogP) is 7.98. The first kappa shape index (κ1) is 25.6. The molecule has 42 heavy (non-hydrogen) atoms. The SMILES string of the molecule is O=C(Nc1ccc(O)c(-c2nc3ccc(NC(=O)C45CC6CC(CC(C6)C4)C5)cc3s2)c1)C12CC3CC(CC(C3)C1)C2. The molecule has 0 saturated heterocycles. The number of phenolic OH excluding ortho intramolecular Hbond substituents is 1. The lowest BCUT2D eigenvalue weighted by atomic mass is 9.49. The molecule has 11 rings (SSSR count). The zero-order valence-corrected chi connectivity index (χ0v) is 24.8. The van der Waals surface area contributed by atoms with Gasteiger partial charge in [0.2, 0.25) is 11.8 Å². The molecular weight excluding hydrogens is 542 g/mol. The smallest absolute Gasteiger partial charge is 0.230 e. The Kier molecular flexibility index (Phi) is 5.50. The van der Waals surface area contributed by atoms with Crippen LogP contribution in [0.5, 0.6) is 5.75 Å². The molecule has 8 saturated carbocycles. The second kappa shape index (κ2) is 9.04. The van der Waals surface area contributed by atoms with Crippen LogP contribution in [0.2, 0.25) is 0 Å². The van der Waals surface area contributed by atoms with E-state index in [0.717, 1.165) is 72.2 Å². The molecule has 3 N–H and O–H groups in total. The lowest BCUT2D eigenvalue weighted by molar-refractivity contribution is -0.141. The van der Waals surface area contributed by atoms with Gasteiger partial charge < -0.3 is 15.7 Å². The van der Waals surface area contributed by atoms with E-state index < -0.39 is 0 Å². The Hall–Kier alpha value is -2.93. The van der Waals surface area contributed by atoms with E-state index in [1.165, 1.54) is 49.9 Å². The molecule has 7 heteroatoms. The summed E-state index contributed by atoms with van der Waals surface area (Å²) in [6.07, 6.45) is 14.1. The number of thiazole rings is 1. The zero-order chi connectivity index (χ0) is 28.2. The molecule has 3 aromatic rings. The highest BCUT2D eigenvalue weighted by Gasteiger charge is 2.55. The van der Waals surface area contributed by atoms with E-state index in [1.807, 2.05) is 24.3 Å². The van der Waals surface area contributed by atoms with Crippen LogP contribution in [-0.2, 0) is 9.59 Å². The van der Waals surface area contributed by atoms with Crippen LogP contribution in [-0.4, -0.2) is 21.9 Å². The molecule has 1 aromatic heterocycles. The fourth-order valence-electron chi connectivity index (χ4n) is 11.2. The second-order valence-electron chi connectivity index (χ2n) is 15.2. The molecule has 0 spiro atoms. The highest BCUT2D eigenvalue weighted by molar-refractivity contribution is 7.21. The van der Waals surface area contributed by atoms with Gasteiger partial charge in [-0.05, 0) is 149 Å². The number of carbonyl (C=O) groups is 2. The van der Waals surface area contributed by atoms with Crippen LogP contribution in [0, 0.1) is 46.3 Å². The van der Waals surface area contributed by atoms with Gasteiger partial charge in [0.15, 0.2) is 0 Å². The normalized spacial score (nSPS) is 37.3. The summed E-state index contributed by atoms with van der Waals surface area (Å²) in [5.41, 5.74) is 2.59. The molecule has 0 radical (unpaired) electrons. The summed E-state index contributed by atoms with van der Waals surface area (Å²) >= 11 is 1.51. The van der Waals surface area contributed by atoms with E-state index in [0.29, 0.717) is 34.0 Å². The lowest BCUT2D eigenvalue weighted by Crippen LogP contribution is -2.51. The van der Waals surface area contributed by atoms with Gasteiger partial charge in [0.05, 0.1) is 26.6 Å². The van der Waals surface area contributed by atoms with Gasteiger partial charge in [-0.15, -0.1) is 11.3 Å². The third-order valence-corrected chi connectivity index (χ3v) is 13.2. The van der Waals surface area contributed by atoms with Gasteiger partial charge in [-0.2, -0.15) is 0 Å². The van der Waals surface area contributed by atoms with Gasteiger partial charge >= 0.3 is 0 Å². The summed E-state index contributed by atoms with van der Waals surface area (Å²) in [4.78, 5) is 32.1. The van der Waals surface area contributed by atoms with Crippen molar-refractivity contribution in [3.05, 3.63) is 36.4 Å². The summed E-state index contributed by atoms with van der Waals surface area (Å²) in [5.74, 6) is 4.83. The zero-order valence-electron chi connectivity index (χ0n) is 24.0. The van der Waals surface area contributed by atoms with Crippen molar-refractivity contribution in [1.82, 2.24) is 4.98 Å². The highest BCUT2D eigenvalue weighted by Crippen LogP contribution is 2.61. The molecule has 0 unspecified atom stereocenters. The largest absolute Gasteiger partial charge is 0.507 e. The van der Waals surface area contributed by atoms with Crippen LogP contribution in [0.4, 0.5) is 11.4 Å². The Morgan fingerprint density at radius 3 is 1.64 bits per heavy atom. The Labute approximate surface area is 250 Å². The van der Waals surface area contributed by atoms with Crippen LogP contribution in [0.15, 0.2) is 36.4 Å². The fourth-order valence-corrected chi connectivity index (χ4v) is 12.2. The molecule has 0 atom stereocenters. The number of rotatable bonds is 5. The van der Waals surface area contributed by atoms with Gasteiger partial charge in [-0.25, -0.2) is 4.98 Å². The average molecular weight is 582 g/mol. The van der Waals surface area contributed by atoms with Crippen molar-refractivity contribution < 1.29 is 14.7 Å². The molecule has 2 amide bonds. The summed E-state index contributed by atoms with van der Waals surface area (Å²) in [6, 6.07) is 11.2. The van der Waals surface area contributed by atoms with Gasteiger partial charge in [-0.3, -0.25) is 9.59 Å². The number of aromatic nitrogens is 1. The summed E-state index contributed by atoms with van der Waals surface area (Å²) in [5, 5.41) is 18.0. The number of aromatic hydroxyl groups is 1. The maximum absolute atomic E-state index is 13.6. The molecule has 2 aromatic carbocycles. The number of nitrogens with zero attached hydrogens (tertiary/aromatic N) is 1. The van der Waals surface area contributed by atoms with Crippen molar-refractivity contribution in [2.45, 2.75) is 77.0 Å². The Bertz CT molecular complexity index is 1550. The van der Waals surface area contributed by atoms with Crippen LogP contribution >= 0.6 is 11.3 Å². The molecule has 8 fully saturated rings. The molecule has 0 aliphatic heterocycles. The molecule has 1 heterocycles. The number of hydrogen-bond acceptors (Lipinski definition) is 5. The Morgan fingerprint density at radius 2 is 1.14 bits per heavy atom. The number of hydrogen-bond donors (Lipinski definition) is 3. The van der Waals surface area contributed by atoms with E-state index in [-0.39, 0.29) is 28.4 Å². The van der Waals surface area contributed by atoms with Crippen molar-refractivity contribution in [3.63, 3.8) is 0 Å². The fraction of sp³-hybridized carbons (Fsp3) is 0.571. The number of anilines is 2. The first-order chi connectivity index (χ1) is 20.3. The van der Waals surface area contributed by atoms with Crippen LogP contribution in [0.25, 0.3) is 20.8 Å². The van der Waals surface area contributed by atoms with Gasteiger partial charge in [-0.1, -0.05) is 0 Å². The maximum Gasteiger partial charge on any atom is 0.230 e. The molecule has 6 nitrogen and oxygen atoms in total. The predicted molar refractivity (Wildman–Crippen MR) is 165 cm³/mol. The van der Waals surface area contributed by atoms with Gasteiger partial charge in [0.1, 0.15) is 10.8 Å². The van der Waals surface area contributed by atoms with Gasteiger partial charge in [0.25, 0.3) is 0 Å². The minimum atomic E-state index is -0.223. The first-order valence-corrected chi connectivity index (χ1v) is 17.0. The van der Waals surface area contributed by atoms with Crippen molar-refractivity contribution in [2.75, 3.05) is 10.6 Å². The molecular formula is C35H39N3O3S. The van der Waals surface area contributed by atoms with Crippen LogP contribution in [0.1, 0.15) is 77.0 Å². The highest BCUT2D eigenvalue weighted by atomic mass is 32.1. The number of phenols is 1. The standard InChI is InChI=1S/C35H39N3O3S/c39-29-4-2-25(36-32(40)34-13-19-5-20(14-34)7-21(6-19)15-34)11-27(29)31-38-28-3-1-26(12-30(28)42-31)37-33(41)35-16-22-8-23(17-35)10-24(9-22)18-35/h1-4,11-12,19-24,39H,5-10,13-18H2,(H,36,40)(H,37,41). The van der Waals surface area contributed by atoms with Crippen molar-refractivity contribution in [2.24, 2.45) is 46.3 Å². The van der Waals surface area contributed by atoms with Crippen molar-refractivity contribution in [1.29, 1.82) is 0 Å². The quantitative estimate of drug-likeness (QED) is 0.267. The molecule has 8 aliphatic rings. The van der Waals surface area contributed by atoms with Crippen molar-refractivity contribution >= 4 is 44.7 Å².